The molecule has 3 nitrogen and oxygen atoms in total. The second-order valence-electron chi connectivity index (χ2n) is 11.7. The van der Waals surface area contributed by atoms with Crippen molar-refractivity contribution in [2.45, 2.75) is 0 Å². The van der Waals surface area contributed by atoms with Gasteiger partial charge in [-0.1, -0.05) is 139 Å². The van der Waals surface area contributed by atoms with E-state index < -0.39 is 0 Å². The molecule has 0 spiro atoms. The normalized spacial score (nSPS) is 10.4. The zero-order chi connectivity index (χ0) is 32.8. The summed E-state index contributed by atoms with van der Waals surface area (Å²) in [5, 5.41) is 0. The molecule has 0 aliphatic carbocycles. The average molecular weight is 836 g/mol. The molecule has 51 heavy (non-hydrogen) atoms. The van der Waals surface area contributed by atoms with Gasteiger partial charge in [0.25, 0.3) is 0 Å². The van der Waals surface area contributed by atoms with Crippen LogP contribution in [0.4, 0.5) is 17.1 Å². The Morgan fingerprint density at radius 3 is 1.14 bits per heavy atom. The fourth-order valence-electron chi connectivity index (χ4n) is 6.11. The smallest absolute Gasteiger partial charge is 0.0428 e. The number of nitrogens with zero attached hydrogens (tertiary/aromatic N) is 3. The monoisotopic (exact) mass is 835 g/mol. The predicted octanol–water partition coefficient (Wildman–Crippen LogP) is 12.3. The molecule has 0 aliphatic heterocycles. The molecule has 0 atom stereocenters. The molecule has 2 heterocycles. The third-order valence-corrected chi connectivity index (χ3v) is 8.52. The van der Waals surface area contributed by atoms with Crippen molar-refractivity contribution in [3.63, 3.8) is 0 Å². The molecule has 0 fully saturated rings. The van der Waals surface area contributed by atoms with Crippen molar-refractivity contribution in [3.8, 4) is 55.9 Å². The van der Waals surface area contributed by atoms with E-state index in [1.165, 1.54) is 5.56 Å². The molecule has 0 saturated heterocycles. The maximum atomic E-state index is 4.72. The first-order valence-corrected chi connectivity index (χ1v) is 16.3. The number of pyridine rings is 2. The number of benzene rings is 6. The largest absolute Gasteiger partial charge is 0.358 e. The molecule has 8 rings (SSSR count). The van der Waals surface area contributed by atoms with Gasteiger partial charge < -0.3 is 22.3 Å². The van der Waals surface area contributed by atoms with Crippen molar-refractivity contribution >= 4 is 17.1 Å². The van der Waals surface area contributed by atoms with E-state index in [2.05, 4.69) is 138 Å². The Morgan fingerprint density at radius 2 is 0.745 bits per heavy atom. The van der Waals surface area contributed by atoms with Crippen LogP contribution in [0.1, 0.15) is 0 Å². The molecule has 0 unspecified atom stereocenters. The molecule has 0 N–H and O–H groups in total. The molecular formula is C47H34N3Pt-3. The van der Waals surface area contributed by atoms with Crippen LogP contribution in [0.3, 0.4) is 0 Å². The summed E-state index contributed by atoms with van der Waals surface area (Å²) in [6.45, 7) is 0. The van der Waals surface area contributed by atoms with Crippen LogP contribution in [-0.4, -0.2) is 9.97 Å². The van der Waals surface area contributed by atoms with E-state index in [1.807, 2.05) is 67.0 Å². The second kappa shape index (κ2) is 16.2. The summed E-state index contributed by atoms with van der Waals surface area (Å²) in [7, 11) is 0. The molecule has 250 valence electrons. The van der Waals surface area contributed by atoms with Crippen molar-refractivity contribution in [1.29, 1.82) is 0 Å². The molecule has 0 aliphatic rings. The van der Waals surface area contributed by atoms with Gasteiger partial charge in [-0.05, 0) is 69.3 Å². The molecular weight excluding hydrogens is 802 g/mol. The van der Waals surface area contributed by atoms with E-state index >= 15 is 0 Å². The van der Waals surface area contributed by atoms with Crippen LogP contribution in [0.5, 0.6) is 0 Å². The quantitative estimate of drug-likeness (QED) is 0.143. The van der Waals surface area contributed by atoms with Crippen LogP contribution >= 0.6 is 0 Å². The molecule has 0 bridgehead atoms. The molecule has 8 aromatic rings. The Balaban J connectivity index is 0.00000224. The molecule has 0 radical (unpaired) electrons. The van der Waals surface area contributed by atoms with E-state index in [9.17, 15) is 0 Å². The first-order valence-electron chi connectivity index (χ1n) is 16.3. The van der Waals surface area contributed by atoms with Gasteiger partial charge in [0.2, 0.25) is 0 Å². The van der Waals surface area contributed by atoms with Crippen molar-refractivity contribution < 1.29 is 21.1 Å². The van der Waals surface area contributed by atoms with E-state index in [4.69, 9.17) is 9.97 Å². The summed E-state index contributed by atoms with van der Waals surface area (Å²) >= 11 is 0. The second-order valence-corrected chi connectivity index (χ2v) is 11.7. The summed E-state index contributed by atoms with van der Waals surface area (Å²) in [5.41, 5.74) is 13.0. The standard InChI is InChI=1S/C46H31N3.CH3.Pt/c1-4-14-34(15-5-1)37-22-24-42(25-23-37)49(43-30-38(35-16-6-2-7-17-35)28-40(32-43)45-20-10-12-26-47-45)44-31-39(36-18-8-3-9-19-36)29-41(33-44)46-21-11-13-27-48-46;;/h1-31H;1H3;/q-2;-1;. The van der Waals surface area contributed by atoms with E-state index in [0.717, 1.165) is 67.4 Å². The van der Waals surface area contributed by atoms with Crippen LogP contribution in [0, 0.1) is 19.6 Å². The molecule has 2 aromatic heterocycles. The van der Waals surface area contributed by atoms with Crippen molar-refractivity contribution in [3.05, 3.63) is 208 Å². The number of hydrogen-bond donors (Lipinski definition) is 0. The minimum atomic E-state index is 0. The van der Waals surface area contributed by atoms with Crippen LogP contribution in [0.2, 0.25) is 0 Å². The number of aromatic nitrogens is 2. The van der Waals surface area contributed by atoms with Gasteiger partial charge >= 0.3 is 0 Å². The Labute approximate surface area is 315 Å². The first kappa shape index (κ1) is 35.0. The van der Waals surface area contributed by atoms with Crippen molar-refractivity contribution in [2.24, 2.45) is 0 Å². The first-order chi connectivity index (χ1) is 24.3. The Hall–Kier alpha value is -5.89. The van der Waals surface area contributed by atoms with E-state index in [0.29, 0.717) is 0 Å². The SMILES string of the molecule is [CH3-].[Pt].[c-]1c(-c2ccccn2)cc(-c2ccccc2)cc1N(c1[c-]c(-c2ccccn2)cc(-c2ccccc2)c1)c1ccc(-c2ccccc2)cc1. The van der Waals surface area contributed by atoms with E-state index in [1.54, 1.807) is 0 Å². The molecule has 0 amide bonds. The topological polar surface area (TPSA) is 29.0 Å². The van der Waals surface area contributed by atoms with Gasteiger partial charge in [0, 0.05) is 39.1 Å². The molecule has 4 heteroatoms. The minimum Gasteiger partial charge on any atom is -0.358 e. The van der Waals surface area contributed by atoms with Crippen LogP contribution in [0.15, 0.2) is 188 Å². The zero-order valence-electron chi connectivity index (χ0n) is 28.1. The summed E-state index contributed by atoms with van der Waals surface area (Å²) in [4.78, 5) is 11.7. The van der Waals surface area contributed by atoms with Crippen LogP contribution in [-0.2, 0) is 21.1 Å². The molecule has 6 aromatic carbocycles. The van der Waals surface area contributed by atoms with Gasteiger partial charge in [0.05, 0.1) is 0 Å². The van der Waals surface area contributed by atoms with Crippen molar-refractivity contribution in [1.82, 2.24) is 9.97 Å². The Morgan fingerprint density at radius 1 is 0.373 bits per heavy atom. The van der Waals surface area contributed by atoms with Gasteiger partial charge in [-0.3, -0.25) is 0 Å². The number of anilines is 3. The Bertz CT molecular complexity index is 2050. The summed E-state index contributed by atoms with van der Waals surface area (Å²) < 4.78 is 0. The van der Waals surface area contributed by atoms with Crippen molar-refractivity contribution in [2.75, 3.05) is 4.90 Å². The van der Waals surface area contributed by atoms with Gasteiger partial charge in [-0.25, -0.2) is 0 Å². The van der Waals surface area contributed by atoms with Gasteiger partial charge in [-0.15, -0.1) is 47.5 Å². The van der Waals surface area contributed by atoms with Crippen LogP contribution in [0.25, 0.3) is 55.9 Å². The fourth-order valence-corrected chi connectivity index (χ4v) is 6.11. The zero-order valence-corrected chi connectivity index (χ0v) is 30.3. The van der Waals surface area contributed by atoms with Gasteiger partial charge in [0.15, 0.2) is 0 Å². The third-order valence-electron chi connectivity index (χ3n) is 8.52. The van der Waals surface area contributed by atoms with E-state index in [-0.39, 0.29) is 28.5 Å². The third kappa shape index (κ3) is 7.80. The summed E-state index contributed by atoms with van der Waals surface area (Å²) in [5.74, 6) is 0. The predicted molar refractivity (Wildman–Crippen MR) is 208 cm³/mol. The van der Waals surface area contributed by atoms with Crippen LogP contribution < -0.4 is 4.90 Å². The molecule has 0 saturated carbocycles. The average Bonchev–Trinajstić information content (AvgIpc) is 3.20. The fraction of sp³-hybridized carbons (Fsp3) is 0. The Kier molecular flexibility index (Phi) is 11.1. The summed E-state index contributed by atoms with van der Waals surface area (Å²) in [6, 6.07) is 68.4. The minimum absolute atomic E-state index is 0. The number of rotatable bonds is 8. The van der Waals surface area contributed by atoms with Gasteiger partial charge in [0.1, 0.15) is 0 Å². The summed E-state index contributed by atoms with van der Waals surface area (Å²) in [6.07, 6.45) is 3.66. The van der Waals surface area contributed by atoms with Gasteiger partial charge in [-0.2, -0.15) is 0 Å². The maximum absolute atomic E-state index is 4.72. The number of hydrogen-bond acceptors (Lipinski definition) is 3. The maximum Gasteiger partial charge on any atom is 0.0428 e.